The maximum absolute atomic E-state index is 12.5. The van der Waals surface area contributed by atoms with Gasteiger partial charge in [0, 0.05) is 43.1 Å². The first-order valence-corrected chi connectivity index (χ1v) is 13.0. The van der Waals surface area contributed by atoms with Crippen molar-refractivity contribution in [1.29, 1.82) is 0 Å². The van der Waals surface area contributed by atoms with E-state index in [2.05, 4.69) is 15.3 Å². The minimum absolute atomic E-state index is 0.0411. The molecule has 2 aliphatic heterocycles. The first-order valence-electron chi connectivity index (χ1n) is 12.0. The molecule has 2 aromatic carbocycles. The van der Waals surface area contributed by atoms with Crippen molar-refractivity contribution in [2.24, 2.45) is 5.10 Å². The number of rotatable bonds is 9. The Balaban J connectivity index is 1.33. The lowest BCUT2D eigenvalue weighted by Crippen LogP contribution is -2.37. The van der Waals surface area contributed by atoms with Crippen LogP contribution >= 0.6 is 11.8 Å². The highest BCUT2D eigenvalue weighted by atomic mass is 32.2. The molecule has 1 saturated heterocycles. The topological polar surface area (TPSA) is 104 Å². The molecule has 0 radical (unpaired) electrons. The van der Waals surface area contributed by atoms with Crippen LogP contribution in [0.4, 0.5) is 10.5 Å². The standard InChI is InChI=1S/C26H32N4O5S/c1-34-23-8-5-19(15-24(23)35-2)22-17-36-26(33)30(28-22)16-18-3-6-20(7-4-18)27-25(32)11-14-29-12-9-21(31)10-13-29/h3-8,15,21,31H,9-14,16-17H2,1-2H3,(H,27,32). The van der Waals surface area contributed by atoms with Crippen LogP contribution in [0.5, 0.6) is 11.5 Å². The van der Waals surface area contributed by atoms with Gasteiger partial charge in [-0.2, -0.15) is 5.10 Å². The molecule has 1 fully saturated rings. The molecule has 2 aromatic rings. The summed E-state index contributed by atoms with van der Waals surface area (Å²) in [5.41, 5.74) is 3.28. The summed E-state index contributed by atoms with van der Waals surface area (Å²) in [6.45, 7) is 2.67. The van der Waals surface area contributed by atoms with Gasteiger partial charge in [0.25, 0.3) is 0 Å². The van der Waals surface area contributed by atoms with E-state index >= 15 is 0 Å². The number of amides is 2. The zero-order chi connectivity index (χ0) is 25.5. The molecule has 0 bridgehead atoms. The van der Waals surface area contributed by atoms with Crippen LogP contribution in [0, 0.1) is 0 Å². The van der Waals surface area contributed by atoms with Gasteiger partial charge in [-0.3, -0.25) is 9.59 Å². The summed E-state index contributed by atoms with van der Waals surface area (Å²) in [5, 5.41) is 18.5. The Kier molecular flexibility index (Phi) is 8.84. The van der Waals surface area contributed by atoms with Crippen LogP contribution in [0.1, 0.15) is 30.4 Å². The number of carbonyl (C=O) groups excluding carboxylic acids is 2. The fourth-order valence-corrected chi connectivity index (χ4v) is 4.91. The number of methoxy groups -OCH3 is 2. The van der Waals surface area contributed by atoms with Crippen LogP contribution in [0.3, 0.4) is 0 Å². The number of thioether (sulfide) groups is 1. The number of ether oxygens (including phenoxy) is 2. The van der Waals surface area contributed by atoms with Crippen molar-refractivity contribution in [2.75, 3.05) is 44.9 Å². The Hall–Kier alpha value is -3.08. The fourth-order valence-electron chi connectivity index (χ4n) is 4.17. The van der Waals surface area contributed by atoms with Crippen LogP contribution in [0.15, 0.2) is 47.6 Å². The fraction of sp³-hybridized carbons (Fsp3) is 0.423. The first kappa shape index (κ1) is 26.0. The summed E-state index contributed by atoms with van der Waals surface area (Å²) in [5.74, 6) is 1.68. The van der Waals surface area contributed by atoms with Crippen molar-refractivity contribution >= 4 is 34.3 Å². The molecular formula is C26H32N4O5S. The van der Waals surface area contributed by atoms with E-state index in [1.54, 1.807) is 14.2 Å². The summed E-state index contributed by atoms with van der Waals surface area (Å²) in [6.07, 6.45) is 1.73. The van der Waals surface area contributed by atoms with Crippen molar-refractivity contribution in [1.82, 2.24) is 9.91 Å². The minimum Gasteiger partial charge on any atom is -0.493 e. The van der Waals surface area contributed by atoms with E-state index in [0.29, 0.717) is 42.4 Å². The molecule has 2 N–H and O–H groups in total. The molecule has 10 heteroatoms. The van der Waals surface area contributed by atoms with E-state index < -0.39 is 0 Å². The van der Waals surface area contributed by atoms with E-state index in [1.165, 1.54) is 16.8 Å². The van der Waals surface area contributed by atoms with Gasteiger partial charge < -0.3 is 24.8 Å². The van der Waals surface area contributed by atoms with E-state index in [0.717, 1.165) is 42.8 Å². The normalized spacial score (nSPS) is 17.0. The number of likely N-dealkylation sites (tertiary alicyclic amines) is 1. The second-order valence-electron chi connectivity index (χ2n) is 8.80. The number of nitrogens with one attached hydrogen (secondary N) is 1. The van der Waals surface area contributed by atoms with Gasteiger partial charge in [0.2, 0.25) is 5.91 Å². The van der Waals surface area contributed by atoms with Gasteiger partial charge in [-0.15, -0.1) is 0 Å². The zero-order valence-electron chi connectivity index (χ0n) is 20.6. The van der Waals surface area contributed by atoms with Crippen LogP contribution < -0.4 is 14.8 Å². The van der Waals surface area contributed by atoms with Crippen LogP contribution in [-0.2, 0) is 11.3 Å². The van der Waals surface area contributed by atoms with Crippen molar-refractivity contribution in [3.63, 3.8) is 0 Å². The van der Waals surface area contributed by atoms with Gasteiger partial charge in [0.05, 0.1) is 32.6 Å². The molecule has 4 rings (SSSR count). The quantitative estimate of drug-likeness (QED) is 0.529. The van der Waals surface area contributed by atoms with Gasteiger partial charge in [-0.25, -0.2) is 5.01 Å². The largest absolute Gasteiger partial charge is 0.493 e. The van der Waals surface area contributed by atoms with Crippen LogP contribution in [-0.4, -0.2) is 77.6 Å². The van der Waals surface area contributed by atoms with Gasteiger partial charge in [0.15, 0.2) is 11.5 Å². The molecule has 2 amide bonds. The first-order chi connectivity index (χ1) is 17.4. The minimum atomic E-state index is -0.212. The number of aliphatic hydroxyl groups is 1. The highest BCUT2D eigenvalue weighted by Gasteiger charge is 2.23. The smallest absolute Gasteiger partial charge is 0.302 e. The number of hydrazone groups is 1. The SMILES string of the molecule is COc1ccc(C2=NN(Cc3ccc(NC(=O)CCN4CCC(O)CC4)cc3)C(=O)SC2)cc1OC. The van der Waals surface area contributed by atoms with Gasteiger partial charge in [0.1, 0.15) is 0 Å². The third-order valence-corrected chi connectivity index (χ3v) is 7.16. The second kappa shape index (κ2) is 12.2. The summed E-state index contributed by atoms with van der Waals surface area (Å²) in [6, 6.07) is 13.0. The lowest BCUT2D eigenvalue weighted by Gasteiger charge is -2.29. The lowest BCUT2D eigenvalue weighted by molar-refractivity contribution is -0.116. The van der Waals surface area contributed by atoms with Crippen molar-refractivity contribution in [3.8, 4) is 11.5 Å². The maximum Gasteiger partial charge on any atom is 0.302 e. The predicted molar refractivity (Wildman–Crippen MR) is 141 cm³/mol. The van der Waals surface area contributed by atoms with Crippen LogP contribution in [0.25, 0.3) is 0 Å². The van der Waals surface area contributed by atoms with E-state index in [1.807, 2.05) is 42.5 Å². The number of benzene rings is 2. The summed E-state index contributed by atoms with van der Waals surface area (Å²) >= 11 is 1.21. The molecule has 0 aromatic heterocycles. The molecule has 0 atom stereocenters. The van der Waals surface area contributed by atoms with Crippen molar-refractivity contribution in [2.45, 2.75) is 31.9 Å². The molecule has 0 saturated carbocycles. The maximum atomic E-state index is 12.5. The number of carbonyl (C=O) groups is 2. The molecule has 0 unspecified atom stereocenters. The Morgan fingerprint density at radius 2 is 1.83 bits per heavy atom. The number of aliphatic hydroxyl groups excluding tert-OH is 1. The van der Waals surface area contributed by atoms with Crippen molar-refractivity contribution < 1.29 is 24.2 Å². The zero-order valence-corrected chi connectivity index (χ0v) is 21.4. The Labute approximate surface area is 215 Å². The number of anilines is 1. The molecule has 2 heterocycles. The monoisotopic (exact) mass is 512 g/mol. The number of piperidine rings is 1. The summed E-state index contributed by atoms with van der Waals surface area (Å²) in [4.78, 5) is 27.0. The molecule has 9 nitrogen and oxygen atoms in total. The third kappa shape index (κ3) is 6.77. The number of hydrogen-bond acceptors (Lipinski definition) is 8. The Bertz CT molecular complexity index is 1100. The predicted octanol–water partition coefficient (Wildman–Crippen LogP) is 3.56. The van der Waals surface area contributed by atoms with Gasteiger partial charge in [-0.1, -0.05) is 23.9 Å². The van der Waals surface area contributed by atoms with Gasteiger partial charge in [-0.05, 0) is 48.7 Å². The number of hydrogen-bond donors (Lipinski definition) is 2. The molecule has 192 valence electrons. The Morgan fingerprint density at radius 1 is 1.11 bits per heavy atom. The molecule has 2 aliphatic rings. The van der Waals surface area contributed by atoms with Crippen molar-refractivity contribution in [3.05, 3.63) is 53.6 Å². The molecule has 0 aliphatic carbocycles. The molecule has 36 heavy (non-hydrogen) atoms. The molecule has 0 spiro atoms. The van der Waals surface area contributed by atoms with E-state index in [9.17, 15) is 14.7 Å². The summed E-state index contributed by atoms with van der Waals surface area (Å²) < 4.78 is 10.7. The lowest BCUT2D eigenvalue weighted by atomic mass is 10.1. The van der Waals surface area contributed by atoms with E-state index in [-0.39, 0.29) is 17.3 Å². The van der Waals surface area contributed by atoms with Gasteiger partial charge >= 0.3 is 5.24 Å². The number of nitrogens with zero attached hydrogens (tertiary/aromatic N) is 3. The highest BCUT2D eigenvalue weighted by molar-refractivity contribution is 8.14. The third-order valence-electron chi connectivity index (χ3n) is 6.28. The average Bonchev–Trinajstić information content (AvgIpc) is 2.90. The average molecular weight is 513 g/mol. The Morgan fingerprint density at radius 3 is 2.53 bits per heavy atom. The van der Waals surface area contributed by atoms with Crippen LogP contribution in [0.2, 0.25) is 0 Å². The second-order valence-corrected chi connectivity index (χ2v) is 9.72. The highest BCUT2D eigenvalue weighted by Crippen LogP contribution is 2.30. The molecular weight excluding hydrogens is 480 g/mol. The van der Waals surface area contributed by atoms with E-state index in [4.69, 9.17) is 9.47 Å². The summed E-state index contributed by atoms with van der Waals surface area (Å²) in [7, 11) is 3.17.